The third kappa shape index (κ3) is 4.59. The van der Waals surface area contributed by atoms with Crippen LogP contribution in [0.5, 0.6) is 0 Å². The fraction of sp³-hybridized carbons (Fsp3) is 0. The summed E-state index contributed by atoms with van der Waals surface area (Å²) in [4.78, 5) is 11.2. The second-order valence-electron chi connectivity index (χ2n) is 6.91. The van der Waals surface area contributed by atoms with Gasteiger partial charge in [0.1, 0.15) is 0 Å². The van der Waals surface area contributed by atoms with Gasteiger partial charge >= 0.3 is 5.97 Å². The van der Waals surface area contributed by atoms with Crippen molar-refractivity contribution in [2.24, 2.45) is 0 Å². The molecule has 0 atom stereocenters. The number of rotatable bonds is 4. The summed E-state index contributed by atoms with van der Waals surface area (Å²) < 4.78 is 28.6. The van der Waals surface area contributed by atoms with Crippen LogP contribution in [0.15, 0.2) is 89.8 Å². The molecule has 4 aromatic rings. The molecule has 0 aromatic heterocycles. The van der Waals surface area contributed by atoms with Crippen LogP contribution in [0.3, 0.4) is 0 Å². The number of hydrogen-bond acceptors (Lipinski definition) is 3. The van der Waals surface area contributed by atoms with Crippen LogP contribution in [-0.2, 0) is 10.0 Å². The molecule has 2 N–H and O–H groups in total. The fourth-order valence-electron chi connectivity index (χ4n) is 3.13. The Labute approximate surface area is 190 Å². The summed E-state index contributed by atoms with van der Waals surface area (Å²) in [5, 5.41) is 10.9. The van der Waals surface area contributed by atoms with Crippen molar-refractivity contribution in [1.29, 1.82) is 0 Å². The van der Waals surface area contributed by atoms with Crippen LogP contribution >= 0.6 is 11.6 Å². The van der Waals surface area contributed by atoms with Crippen molar-refractivity contribution in [3.8, 4) is 11.8 Å². The molecule has 0 saturated heterocycles. The zero-order chi connectivity index (χ0) is 22.7. The predicted octanol–water partition coefficient (Wildman–Crippen LogP) is 5.39. The van der Waals surface area contributed by atoms with Gasteiger partial charge in [0.05, 0.1) is 21.2 Å². The summed E-state index contributed by atoms with van der Waals surface area (Å²) in [7, 11) is -3.84. The van der Waals surface area contributed by atoms with Gasteiger partial charge in [-0.3, -0.25) is 4.72 Å². The van der Waals surface area contributed by atoms with E-state index >= 15 is 0 Å². The van der Waals surface area contributed by atoms with E-state index in [-0.39, 0.29) is 15.5 Å². The molecule has 0 spiro atoms. The van der Waals surface area contributed by atoms with Crippen LogP contribution in [0.2, 0.25) is 5.02 Å². The molecule has 0 bridgehead atoms. The Morgan fingerprint density at radius 1 is 0.844 bits per heavy atom. The molecule has 4 rings (SSSR count). The first kappa shape index (κ1) is 21.4. The Hall–Kier alpha value is -3.79. The minimum Gasteiger partial charge on any atom is -0.478 e. The Balaban J connectivity index is 1.65. The first-order chi connectivity index (χ1) is 15.3. The summed E-state index contributed by atoms with van der Waals surface area (Å²) in [5.41, 5.74) is 1.30. The van der Waals surface area contributed by atoms with Gasteiger partial charge in [-0.1, -0.05) is 65.9 Å². The number of para-hydroxylation sites is 1. The molecule has 0 aliphatic heterocycles. The van der Waals surface area contributed by atoms with Crippen LogP contribution in [0, 0.1) is 11.8 Å². The van der Waals surface area contributed by atoms with Crippen LogP contribution in [0.25, 0.3) is 10.8 Å². The van der Waals surface area contributed by atoms with E-state index in [4.69, 9.17) is 16.7 Å². The number of benzene rings is 4. The number of halogens is 1. The third-order valence-corrected chi connectivity index (χ3v) is 6.42. The molecule has 0 aliphatic rings. The fourth-order valence-corrected chi connectivity index (χ4v) is 4.50. The largest absolute Gasteiger partial charge is 0.478 e. The van der Waals surface area contributed by atoms with E-state index in [1.54, 1.807) is 48.5 Å². The number of aromatic carboxylic acids is 1. The summed E-state index contributed by atoms with van der Waals surface area (Å²) in [6.07, 6.45) is 0. The van der Waals surface area contributed by atoms with Crippen LogP contribution < -0.4 is 4.72 Å². The highest BCUT2D eigenvalue weighted by atomic mass is 35.5. The number of carbonyl (C=O) groups is 1. The molecule has 158 valence electrons. The number of sulfonamides is 1. The second-order valence-corrected chi connectivity index (χ2v) is 9.00. The van der Waals surface area contributed by atoms with E-state index in [0.29, 0.717) is 16.8 Å². The van der Waals surface area contributed by atoms with Crippen molar-refractivity contribution in [2.75, 3.05) is 4.72 Å². The smallest absolute Gasteiger partial charge is 0.337 e. The zero-order valence-corrected chi connectivity index (χ0v) is 18.1. The van der Waals surface area contributed by atoms with E-state index in [1.165, 1.54) is 12.1 Å². The molecule has 0 heterocycles. The molecule has 32 heavy (non-hydrogen) atoms. The lowest BCUT2D eigenvalue weighted by Gasteiger charge is -2.10. The lowest BCUT2D eigenvalue weighted by atomic mass is 10.1. The van der Waals surface area contributed by atoms with Crippen LogP contribution in [0.4, 0.5) is 5.69 Å². The van der Waals surface area contributed by atoms with Gasteiger partial charge in [0.25, 0.3) is 10.0 Å². The monoisotopic (exact) mass is 461 g/mol. The topological polar surface area (TPSA) is 83.5 Å². The standard InChI is InChI=1S/C25H16ClNO4S/c26-23-15-17(10-14-22(23)25(28)29)9-11-19-6-3-4-8-24(19)27-32(30,31)21-13-12-18-5-1-2-7-20(18)16-21/h1-8,10,12-16,27H,(H,28,29). The Morgan fingerprint density at radius 2 is 1.56 bits per heavy atom. The highest BCUT2D eigenvalue weighted by Crippen LogP contribution is 2.23. The molecule has 0 unspecified atom stereocenters. The zero-order valence-electron chi connectivity index (χ0n) is 16.5. The maximum Gasteiger partial charge on any atom is 0.337 e. The van der Waals surface area contributed by atoms with E-state index in [2.05, 4.69) is 16.6 Å². The molecular formula is C25H16ClNO4S. The van der Waals surface area contributed by atoms with Gasteiger partial charge in [0.15, 0.2) is 0 Å². The highest BCUT2D eigenvalue weighted by Gasteiger charge is 2.16. The molecular weight excluding hydrogens is 446 g/mol. The Bertz CT molecular complexity index is 1520. The SMILES string of the molecule is O=C(O)c1ccc(C#Cc2ccccc2NS(=O)(=O)c2ccc3ccccc3c2)cc1Cl. The van der Waals surface area contributed by atoms with Gasteiger partial charge in [-0.2, -0.15) is 0 Å². The number of carboxylic acid groups (broad SMARTS) is 1. The van der Waals surface area contributed by atoms with E-state index < -0.39 is 16.0 Å². The highest BCUT2D eigenvalue weighted by molar-refractivity contribution is 7.92. The number of anilines is 1. The summed E-state index contributed by atoms with van der Waals surface area (Å²) in [6, 6.07) is 23.6. The average molecular weight is 462 g/mol. The van der Waals surface area contributed by atoms with Crippen molar-refractivity contribution in [1.82, 2.24) is 0 Å². The minimum atomic E-state index is -3.84. The summed E-state index contributed by atoms with van der Waals surface area (Å²) in [5.74, 6) is 4.70. The Kier molecular flexibility index (Phi) is 5.87. The first-order valence-electron chi connectivity index (χ1n) is 9.49. The maximum atomic E-state index is 13.0. The second kappa shape index (κ2) is 8.75. The minimum absolute atomic E-state index is 0.0132. The molecule has 0 amide bonds. The first-order valence-corrected chi connectivity index (χ1v) is 11.4. The lowest BCUT2D eigenvalue weighted by molar-refractivity contribution is 0.0697. The van der Waals surface area contributed by atoms with E-state index in [0.717, 1.165) is 10.8 Å². The van der Waals surface area contributed by atoms with Crippen molar-refractivity contribution in [3.63, 3.8) is 0 Å². The average Bonchev–Trinajstić information content (AvgIpc) is 2.77. The van der Waals surface area contributed by atoms with Gasteiger partial charge < -0.3 is 5.11 Å². The predicted molar refractivity (Wildman–Crippen MR) is 126 cm³/mol. The maximum absolute atomic E-state index is 13.0. The van der Waals surface area contributed by atoms with Gasteiger partial charge in [-0.05, 0) is 53.2 Å². The van der Waals surface area contributed by atoms with Crippen molar-refractivity contribution in [3.05, 3.63) is 107 Å². The molecule has 0 radical (unpaired) electrons. The third-order valence-electron chi connectivity index (χ3n) is 4.74. The number of fused-ring (bicyclic) bond motifs is 1. The van der Waals surface area contributed by atoms with Gasteiger partial charge in [0, 0.05) is 11.1 Å². The molecule has 5 nitrogen and oxygen atoms in total. The quantitative estimate of drug-likeness (QED) is 0.399. The lowest BCUT2D eigenvalue weighted by Crippen LogP contribution is -2.13. The normalized spacial score (nSPS) is 10.9. The summed E-state index contributed by atoms with van der Waals surface area (Å²) in [6.45, 7) is 0. The number of nitrogens with one attached hydrogen (secondary N) is 1. The van der Waals surface area contributed by atoms with Crippen LogP contribution in [0.1, 0.15) is 21.5 Å². The van der Waals surface area contributed by atoms with E-state index in [9.17, 15) is 13.2 Å². The van der Waals surface area contributed by atoms with Crippen molar-refractivity contribution >= 4 is 44.1 Å². The van der Waals surface area contributed by atoms with Gasteiger partial charge in [0.2, 0.25) is 0 Å². The van der Waals surface area contributed by atoms with Gasteiger partial charge in [-0.15, -0.1) is 0 Å². The van der Waals surface area contributed by atoms with Gasteiger partial charge in [-0.25, -0.2) is 13.2 Å². The molecule has 0 fully saturated rings. The van der Waals surface area contributed by atoms with Crippen LogP contribution in [-0.4, -0.2) is 19.5 Å². The number of hydrogen-bond donors (Lipinski definition) is 2. The van der Waals surface area contributed by atoms with Crippen molar-refractivity contribution in [2.45, 2.75) is 4.90 Å². The number of carboxylic acids is 1. The molecule has 4 aromatic carbocycles. The summed E-state index contributed by atoms with van der Waals surface area (Å²) >= 11 is 5.99. The molecule has 0 aliphatic carbocycles. The Morgan fingerprint density at radius 3 is 2.31 bits per heavy atom. The van der Waals surface area contributed by atoms with Crippen molar-refractivity contribution < 1.29 is 18.3 Å². The van der Waals surface area contributed by atoms with E-state index in [1.807, 2.05) is 24.3 Å². The molecule has 7 heteroatoms. The molecule has 0 saturated carbocycles.